The maximum atomic E-state index is 5.72. The van der Waals surface area contributed by atoms with Crippen LogP contribution in [0.1, 0.15) is 18.1 Å². The summed E-state index contributed by atoms with van der Waals surface area (Å²) in [4.78, 5) is 4.23. The van der Waals surface area contributed by atoms with Crippen LogP contribution in [-0.4, -0.2) is 11.5 Å². The van der Waals surface area contributed by atoms with Crippen molar-refractivity contribution >= 4 is 15.9 Å². The van der Waals surface area contributed by atoms with Gasteiger partial charge in [0.1, 0.15) is 6.61 Å². The predicted octanol–water partition coefficient (Wildman–Crippen LogP) is 3.53. The van der Waals surface area contributed by atoms with E-state index >= 15 is 0 Å². The number of nitrogens with one attached hydrogen (secondary N) is 1. The molecule has 19 heavy (non-hydrogen) atoms. The lowest BCUT2D eigenvalue weighted by atomic mass is 10.2. The van der Waals surface area contributed by atoms with Crippen LogP contribution in [0, 0.1) is 0 Å². The molecule has 0 aliphatic carbocycles. The Morgan fingerprint density at radius 3 is 2.89 bits per heavy atom. The van der Waals surface area contributed by atoms with E-state index in [1.807, 2.05) is 36.4 Å². The second-order valence-electron chi connectivity index (χ2n) is 4.16. The number of hydrogen-bond acceptors (Lipinski definition) is 3. The summed E-state index contributed by atoms with van der Waals surface area (Å²) in [6, 6.07) is 12.0. The Hall–Kier alpha value is -1.39. The topological polar surface area (TPSA) is 34.2 Å². The summed E-state index contributed by atoms with van der Waals surface area (Å²) in [7, 11) is 0. The molecule has 1 aromatic heterocycles. The minimum atomic E-state index is 0.513. The third-order valence-electron chi connectivity index (χ3n) is 2.71. The van der Waals surface area contributed by atoms with Crippen LogP contribution < -0.4 is 10.1 Å². The zero-order chi connectivity index (χ0) is 13.5. The lowest BCUT2D eigenvalue weighted by molar-refractivity contribution is 0.293. The van der Waals surface area contributed by atoms with Crippen molar-refractivity contribution in [1.29, 1.82) is 0 Å². The highest BCUT2D eigenvalue weighted by Gasteiger charge is 2.02. The Kier molecular flexibility index (Phi) is 5.36. The number of hydrogen-bond donors (Lipinski definition) is 1. The van der Waals surface area contributed by atoms with Crippen molar-refractivity contribution in [2.45, 2.75) is 20.1 Å². The Balaban J connectivity index is 1.98. The van der Waals surface area contributed by atoms with Crippen LogP contribution in [0.15, 0.2) is 47.1 Å². The molecule has 0 unspecified atom stereocenters. The number of halogens is 1. The Labute approximate surface area is 122 Å². The van der Waals surface area contributed by atoms with E-state index in [4.69, 9.17) is 4.74 Å². The molecule has 3 nitrogen and oxygen atoms in total. The number of benzene rings is 1. The van der Waals surface area contributed by atoms with Crippen LogP contribution in [0.25, 0.3) is 0 Å². The quantitative estimate of drug-likeness (QED) is 0.884. The van der Waals surface area contributed by atoms with Crippen LogP contribution >= 0.6 is 15.9 Å². The number of aromatic nitrogens is 1. The van der Waals surface area contributed by atoms with Crippen molar-refractivity contribution in [3.05, 3.63) is 58.2 Å². The van der Waals surface area contributed by atoms with Gasteiger partial charge in [-0.1, -0.05) is 41.1 Å². The average Bonchev–Trinajstić information content (AvgIpc) is 2.45. The van der Waals surface area contributed by atoms with Crippen molar-refractivity contribution in [2.75, 3.05) is 6.54 Å². The van der Waals surface area contributed by atoms with E-state index in [1.54, 1.807) is 6.20 Å². The SMILES string of the molecule is CCNCc1ccnc(OCc2ccccc2Br)c1. The predicted molar refractivity (Wildman–Crippen MR) is 80.1 cm³/mol. The molecule has 2 rings (SSSR count). The number of nitrogens with zero attached hydrogens (tertiary/aromatic N) is 1. The molecule has 4 heteroatoms. The summed E-state index contributed by atoms with van der Waals surface area (Å²) < 4.78 is 6.78. The fourth-order valence-electron chi connectivity index (χ4n) is 1.68. The molecule has 100 valence electrons. The fourth-order valence-corrected chi connectivity index (χ4v) is 2.08. The van der Waals surface area contributed by atoms with Gasteiger partial charge in [0.15, 0.2) is 0 Å². The monoisotopic (exact) mass is 320 g/mol. The molecule has 0 bridgehead atoms. The summed E-state index contributed by atoms with van der Waals surface area (Å²) in [5, 5.41) is 3.28. The van der Waals surface area contributed by atoms with Gasteiger partial charge in [0, 0.05) is 28.8 Å². The van der Waals surface area contributed by atoms with Crippen LogP contribution in [0.3, 0.4) is 0 Å². The van der Waals surface area contributed by atoms with Gasteiger partial charge in [-0.3, -0.25) is 0 Å². The second-order valence-corrected chi connectivity index (χ2v) is 5.02. The largest absolute Gasteiger partial charge is 0.473 e. The smallest absolute Gasteiger partial charge is 0.213 e. The molecule has 1 heterocycles. The minimum Gasteiger partial charge on any atom is -0.473 e. The summed E-state index contributed by atoms with van der Waals surface area (Å²) in [5.74, 6) is 0.658. The number of pyridine rings is 1. The van der Waals surface area contributed by atoms with Crippen molar-refractivity contribution in [1.82, 2.24) is 10.3 Å². The van der Waals surface area contributed by atoms with Gasteiger partial charge < -0.3 is 10.1 Å². The standard InChI is InChI=1S/C15H17BrN2O/c1-2-17-10-12-7-8-18-15(9-12)19-11-13-5-3-4-6-14(13)16/h3-9,17H,2,10-11H2,1H3. The maximum Gasteiger partial charge on any atom is 0.213 e. The molecule has 0 radical (unpaired) electrons. The lowest BCUT2D eigenvalue weighted by Gasteiger charge is -2.08. The highest BCUT2D eigenvalue weighted by Crippen LogP contribution is 2.18. The van der Waals surface area contributed by atoms with Crippen molar-refractivity contribution in [2.24, 2.45) is 0 Å². The van der Waals surface area contributed by atoms with Crippen LogP contribution in [0.5, 0.6) is 5.88 Å². The van der Waals surface area contributed by atoms with Gasteiger partial charge in [-0.2, -0.15) is 0 Å². The first kappa shape index (κ1) is 14.0. The molecule has 0 aliphatic rings. The Morgan fingerprint density at radius 2 is 2.11 bits per heavy atom. The van der Waals surface area contributed by atoms with E-state index in [2.05, 4.69) is 33.2 Å². The second kappa shape index (κ2) is 7.26. The molecular weight excluding hydrogens is 304 g/mol. The highest BCUT2D eigenvalue weighted by molar-refractivity contribution is 9.10. The van der Waals surface area contributed by atoms with Gasteiger partial charge >= 0.3 is 0 Å². The maximum absolute atomic E-state index is 5.72. The molecule has 0 atom stereocenters. The van der Waals surface area contributed by atoms with E-state index < -0.39 is 0 Å². The van der Waals surface area contributed by atoms with Gasteiger partial charge in [0.2, 0.25) is 5.88 Å². The highest BCUT2D eigenvalue weighted by atomic mass is 79.9. The molecule has 0 fully saturated rings. The molecule has 0 amide bonds. The molecule has 1 N–H and O–H groups in total. The fraction of sp³-hybridized carbons (Fsp3) is 0.267. The normalized spacial score (nSPS) is 10.4. The number of ether oxygens (including phenoxy) is 1. The van der Waals surface area contributed by atoms with Gasteiger partial charge in [-0.25, -0.2) is 4.98 Å². The Bertz CT molecular complexity index is 531. The molecule has 0 aliphatic heterocycles. The van der Waals surface area contributed by atoms with Gasteiger partial charge in [0.05, 0.1) is 0 Å². The minimum absolute atomic E-state index is 0.513. The summed E-state index contributed by atoms with van der Waals surface area (Å²) in [5.41, 5.74) is 2.29. The van der Waals surface area contributed by atoms with Crippen LogP contribution in [0.4, 0.5) is 0 Å². The average molecular weight is 321 g/mol. The Morgan fingerprint density at radius 1 is 1.26 bits per heavy atom. The zero-order valence-electron chi connectivity index (χ0n) is 10.9. The van der Waals surface area contributed by atoms with E-state index in [0.717, 1.165) is 23.1 Å². The van der Waals surface area contributed by atoms with Crippen LogP contribution in [-0.2, 0) is 13.2 Å². The van der Waals surface area contributed by atoms with Gasteiger partial charge in [0.25, 0.3) is 0 Å². The van der Waals surface area contributed by atoms with Crippen molar-refractivity contribution < 1.29 is 4.74 Å². The molecule has 0 spiro atoms. The first-order chi connectivity index (χ1) is 9.29. The van der Waals surface area contributed by atoms with Crippen LogP contribution in [0.2, 0.25) is 0 Å². The molecule has 0 saturated heterocycles. The van der Waals surface area contributed by atoms with Gasteiger partial charge in [-0.15, -0.1) is 0 Å². The molecule has 2 aromatic rings. The number of rotatable bonds is 6. The zero-order valence-corrected chi connectivity index (χ0v) is 12.5. The lowest BCUT2D eigenvalue weighted by Crippen LogP contribution is -2.11. The van der Waals surface area contributed by atoms with Crippen molar-refractivity contribution in [3.8, 4) is 5.88 Å². The summed E-state index contributed by atoms with van der Waals surface area (Å²) in [6.45, 7) is 4.39. The van der Waals surface area contributed by atoms with E-state index in [-0.39, 0.29) is 0 Å². The third kappa shape index (κ3) is 4.33. The van der Waals surface area contributed by atoms with Gasteiger partial charge in [-0.05, 0) is 24.2 Å². The molecule has 0 saturated carbocycles. The van der Waals surface area contributed by atoms with E-state index in [9.17, 15) is 0 Å². The first-order valence-electron chi connectivity index (χ1n) is 6.31. The third-order valence-corrected chi connectivity index (χ3v) is 3.49. The van der Waals surface area contributed by atoms with E-state index in [0.29, 0.717) is 12.5 Å². The first-order valence-corrected chi connectivity index (χ1v) is 7.10. The summed E-state index contributed by atoms with van der Waals surface area (Å²) >= 11 is 3.51. The van der Waals surface area contributed by atoms with E-state index in [1.165, 1.54) is 5.56 Å². The summed E-state index contributed by atoms with van der Waals surface area (Å²) in [6.07, 6.45) is 1.78. The molecule has 1 aromatic carbocycles. The molecular formula is C15H17BrN2O. The van der Waals surface area contributed by atoms with Crippen molar-refractivity contribution in [3.63, 3.8) is 0 Å².